The summed E-state index contributed by atoms with van der Waals surface area (Å²) >= 11 is 0. The van der Waals surface area contributed by atoms with Gasteiger partial charge in [0.05, 0.1) is 0 Å². The van der Waals surface area contributed by atoms with E-state index in [1.807, 2.05) is 6.92 Å². The number of piperidine rings is 1. The van der Waals surface area contributed by atoms with Crippen LogP contribution in [-0.4, -0.2) is 60.9 Å². The van der Waals surface area contributed by atoms with Crippen molar-refractivity contribution in [2.24, 2.45) is 17.8 Å². The number of aliphatic hydroxyl groups is 1. The molecule has 0 amide bonds. The molecule has 0 bridgehead atoms. The molecule has 27 heavy (non-hydrogen) atoms. The van der Waals surface area contributed by atoms with E-state index in [4.69, 9.17) is 0 Å². The van der Waals surface area contributed by atoms with E-state index < -0.39 is 18.7 Å². The third kappa shape index (κ3) is 6.34. The van der Waals surface area contributed by atoms with E-state index >= 15 is 0 Å². The highest BCUT2D eigenvalue weighted by molar-refractivity contribution is 4.87. The molecule has 0 aromatic carbocycles. The van der Waals surface area contributed by atoms with Crippen LogP contribution in [0.1, 0.15) is 64.7 Å². The van der Waals surface area contributed by atoms with Crippen molar-refractivity contribution in [3.63, 3.8) is 0 Å². The van der Waals surface area contributed by atoms with Crippen molar-refractivity contribution in [3.05, 3.63) is 0 Å². The summed E-state index contributed by atoms with van der Waals surface area (Å²) < 4.78 is 27.9. The number of hydrogen-bond acceptors (Lipinski definition) is 4. The van der Waals surface area contributed by atoms with Crippen LogP contribution in [0.2, 0.25) is 0 Å². The number of aliphatic hydroxyl groups excluding tert-OH is 1. The maximum atomic E-state index is 14.1. The second kappa shape index (κ2) is 10.5. The molecule has 2 aliphatic carbocycles. The molecule has 5 unspecified atom stereocenters. The van der Waals surface area contributed by atoms with Gasteiger partial charge in [-0.05, 0) is 69.4 Å². The van der Waals surface area contributed by atoms with Gasteiger partial charge in [-0.3, -0.25) is 10.2 Å². The molecule has 3 rings (SSSR count). The Morgan fingerprint density at radius 1 is 1.00 bits per heavy atom. The first kappa shape index (κ1) is 21.4. The van der Waals surface area contributed by atoms with Crippen LogP contribution in [0.25, 0.3) is 0 Å². The van der Waals surface area contributed by atoms with E-state index in [9.17, 15) is 13.9 Å². The first-order chi connectivity index (χ1) is 13.0. The van der Waals surface area contributed by atoms with E-state index in [0.717, 1.165) is 45.3 Å². The van der Waals surface area contributed by atoms with Gasteiger partial charge in [0.25, 0.3) is 0 Å². The lowest BCUT2D eigenvalue weighted by Gasteiger charge is -2.40. The molecule has 5 atom stereocenters. The number of nitrogens with one attached hydrogen (secondary N) is 2. The molecule has 0 radical (unpaired) electrons. The number of halogens is 2. The molecule has 2 saturated carbocycles. The summed E-state index contributed by atoms with van der Waals surface area (Å²) in [6, 6.07) is 0.374. The zero-order valence-electron chi connectivity index (χ0n) is 16.9. The standard InChI is InChI=1S/C21H39F2N3O/c1-15-11-17(12-19(22)20(15)23)14-26(13-16-7-9-24-10-8-16)21(27)25-18-5-3-2-4-6-18/h15-21,24-25,27H,2-14H2,1H3. The van der Waals surface area contributed by atoms with E-state index in [1.165, 1.54) is 19.3 Å². The maximum absolute atomic E-state index is 14.1. The van der Waals surface area contributed by atoms with Crippen molar-refractivity contribution < 1.29 is 13.9 Å². The molecule has 3 fully saturated rings. The molecule has 1 aliphatic heterocycles. The maximum Gasteiger partial charge on any atom is 0.163 e. The SMILES string of the molecule is CC1CC(CN(CC2CCNCC2)C(O)NC2CCCCC2)CC(F)C1F. The summed E-state index contributed by atoms with van der Waals surface area (Å²) in [5, 5.41) is 17.8. The van der Waals surface area contributed by atoms with Gasteiger partial charge in [0, 0.05) is 19.1 Å². The first-order valence-corrected chi connectivity index (χ1v) is 11.2. The summed E-state index contributed by atoms with van der Waals surface area (Å²) in [6.07, 6.45) is 5.83. The quantitative estimate of drug-likeness (QED) is 0.587. The Bertz CT molecular complexity index is 418. The Balaban J connectivity index is 1.59. The summed E-state index contributed by atoms with van der Waals surface area (Å²) in [7, 11) is 0. The summed E-state index contributed by atoms with van der Waals surface area (Å²) in [4.78, 5) is 2.12. The molecular formula is C21H39F2N3O. The molecule has 0 aromatic rings. The fourth-order valence-corrected chi connectivity index (χ4v) is 5.29. The largest absolute Gasteiger partial charge is 0.365 e. The summed E-state index contributed by atoms with van der Waals surface area (Å²) in [5.74, 6) is 0.444. The first-order valence-electron chi connectivity index (χ1n) is 11.2. The molecule has 3 aliphatic rings. The van der Waals surface area contributed by atoms with Crippen molar-refractivity contribution in [1.82, 2.24) is 15.5 Å². The normalized spacial score (nSPS) is 35.4. The van der Waals surface area contributed by atoms with Crippen LogP contribution < -0.4 is 10.6 Å². The Hall–Kier alpha value is -0.300. The molecule has 1 saturated heterocycles. The minimum absolute atomic E-state index is 0.117. The van der Waals surface area contributed by atoms with E-state index in [2.05, 4.69) is 15.5 Å². The fourth-order valence-electron chi connectivity index (χ4n) is 5.29. The van der Waals surface area contributed by atoms with Crippen molar-refractivity contribution in [3.8, 4) is 0 Å². The highest BCUT2D eigenvalue weighted by Gasteiger charge is 2.37. The fraction of sp³-hybridized carbons (Fsp3) is 1.00. The van der Waals surface area contributed by atoms with Crippen molar-refractivity contribution >= 4 is 0 Å². The third-order valence-corrected chi connectivity index (χ3v) is 6.93. The van der Waals surface area contributed by atoms with Crippen molar-refractivity contribution in [2.45, 2.75) is 89.4 Å². The Kier molecular flexibility index (Phi) is 8.30. The summed E-state index contributed by atoms with van der Waals surface area (Å²) in [6.45, 7) is 5.37. The van der Waals surface area contributed by atoms with Crippen LogP contribution in [0.4, 0.5) is 8.78 Å². The van der Waals surface area contributed by atoms with E-state index in [0.29, 0.717) is 24.9 Å². The van der Waals surface area contributed by atoms with Crippen molar-refractivity contribution in [1.29, 1.82) is 0 Å². The smallest absolute Gasteiger partial charge is 0.163 e. The van der Waals surface area contributed by atoms with Gasteiger partial charge in [-0.25, -0.2) is 8.78 Å². The van der Waals surface area contributed by atoms with Crippen LogP contribution in [0.5, 0.6) is 0 Å². The number of alkyl halides is 2. The molecule has 1 heterocycles. The average molecular weight is 388 g/mol. The van der Waals surface area contributed by atoms with Gasteiger partial charge in [-0.15, -0.1) is 0 Å². The number of rotatable bonds is 7. The van der Waals surface area contributed by atoms with Crippen LogP contribution in [0.15, 0.2) is 0 Å². The molecule has 4 nitrogen and oxygen atoms in total. The molecule has 0 aromatic heterocycles. The molecule has 3 N–H and O–H groups in total. The molecule has 0 spiro atoms. The zero-order valence-corrected chi connectivity index (χ0v) is 16.9. The van der Waals surface area contributed by atoms with E-state index in [1.54, 1.807) is 0 Å². The predicted octanol–water partition coefficient (Wildman–Crippen LogP) is 3.21. The van der Waals surface area contributed by atoms with Crippen LogP contribution in [0.3, 0.4) is 0 Å². The lowest BCUT2D eigenvalue weighted by molar-refractivity contribution is -0.0614. The second-order valence-corrected chi connectivity index (χ2v) is 9.30. The predicted molar refractivity (Wildman–Crippen MR) is 105 cm³/mol. The number of hydrogen-bond donors (Lipinski definition) is 3. The average Bonchev–Trinajstić information content (AvgIpc) is 2.67. The van der Waals surface area contributed by atoms with Crippen molar-refractivity contribution in [2.75, 3.05) is 26.2 Å². The van der Waals surface area contributed by atoms with Gasteiger partial charge in [-0.2, -0.15) is 0 Å². The van der Waals surface area contributed by atoms with Crippen LogP contribution in [0, 0.1) is 17.8 Å². The van der Waals surface area contributed by atoms with Gasteiger partial charge in [-0.1, -0.05) is 26.2 Å². The number of nitrogens with zero attached hydrogens (tertiary/aromatic N) is 1. The highest BCUT2D eigenvalue weighted by atomic mass is 19.2. The second-order valence-electron chi connectivity index (χ2n) is 9.30. The minimum Gasteiger partial charge on any atom is -0.365 e. The molecular weight excluding hydrogens is 348 g/mol. The zero-order chi connectivity index (χ0) is 19.2. The Labute approximate surface area is 163 Å². The van der Waals surface area contributed by atoms with Crippen LogP contribution >= 0.6 is 0 Å². The third-order valence-electron chi connectivity index (χ3n) is 6.93. The Morgan fingerprint density at radius 2 is 1.67 bits per heavy atom. The van der Waals surface area contributed by atoms with Gasteiger partial charge >= 0.3 is 0 Å². The van der Waals surface area contributed by atoms with Crippen LogP contribution in [-0.2, 0) is 0 Å². The molecule has 6 heteroatoms. The van der Waals surface area contributed by atoms with E-state index in [-0.39, 0.29) is 18.3 Å². The van der Waals surface area contributed by atoms with Gasteiger partial charge in [0.1, 0.15) is 12.3 Å². The van der Waals surface area contributed by atoms with Gasteiger partial charge < -0.3 is 10.4 Å². The monoisotopic (exact) mass is 387 g/mol. The molecule has 158 valence electrons. The topological polar surface area (TPSA) is 47.5 Å². The minimum atomic E-state index is -1.36. The van der Waals surface area contributed by atoms with Gasteiger partial charge in [0.2, 0.25) is 0 Å². The van der Waals surface area contributed by atoms with Gasteiger partial charge in [0.15, 0.2) is 6.35 Å². The summed E-state index contributed by atoms with van der Waals surface area (Å²) in [5.41, 5.74) is 0. The lowest BCUT2D eigenvalue weighted by atomic mass is 9.79. The lowest BCUT2D eigenvalue weighted by Crippen LogP contribution is -2.54. The Morgan fingerprint density at radius 3 is 2.33 bits per heavy atom. The highest BCUT2D eigenvalue weighted by Crippen LogP contribution is 2.34.